The quantitative estimate of drug-likeness (QED) is 0.142. The number of benzene rings is 7. The molecule has 11 aromatic rings. The SMILES string of the molecule is c1ccc(-c2nc3ccc(N(c4ccc5c(ccc6cc(N(c7ccc8nc(-c9ccccc9)oc8c7)c7ccccn7)ccc65)c4)c4ccccn4)cc3o2)cc1. The zero-order valence-corrected chi connectivity index (χ0v) is 31.0. The summed E-state index contributed by atoms with van der Waals surface area (Å²) in [6.45, 7) is 0. The van der Waals surface area contributed by atoms with Crippen molar-refractivity contribution in [3.05, 3.63) is 194 Å². The van der Waals surface area contributed by atoms with Crippen LogP contribution in [0, 0.1) is 0 Å². The van der Waals surface area contributed by atoms with Crippen LogP contribution in [-0.4, -0.2) is 19.9 Å². The maximum Gasteiger partial charge on any atom is 0.227 e. The Bertz CT molecular complexity index is 3020. The van der Waals surface area contributed by atoms with Crippen molar-refractivity contribution in [2.45, 2.75) is 0 Å². The van der Waals surface area contributed by atoms with Crippen molar-refractivity contribution in [1.29, 1.82) is 0 Å². The normalized spacial score (nSPS) is 11.4. The molecule has 0 atom stereocenters. The van der Waals surface area contributed by atoms with Crippen LogP contribution in [-0.2, 0) is 0 Å². The topological polar surface area (TPSA) is 84.3 Å². The summed E-state index contributed by atoms with van der Waals surface area (Å²) in [5, 5.41) is 4.51. The number of anilines is 6. The van der Waals surface area contributed by atoms with Gasteiger partial charge < -0.3 is 8.83 Å². The molecule has 0 aliphatic heterocycles. The third-order valence-corrected chi connectivity index (χ3v) is 10.4. The van der Waals surface area contributed by atoms with Gasteiger partial charge in [0.15, 0.2) is 11.2 Å². The first-order valence-corrected chi connectivity index (χ1v) is 19.0. The molecular formula is C50H32N6O2. The molecule has 4 heterocycles. The van der Waals surface area contributed by atoms with Gasteiger partial charge in [-0.05, 0) is 119 Å². The van der Waals surface area contributed by atoms with Gasteiger partial charge >= 0.3 is 0 Å². The monoisotopic (exact) mass is 748 g/mol. The molecule has 0 saturated carbocycles. The molecule has 274 valence electrons. The van der Waals surface area contributed by atoms with E-state index in [-0.39, 0.29) is 0 Å². The van der Waals surface area contributed by atoms with Gasteiger partial charge in [-0.15, -0.1) is 0 Å². The molecule has 0 aliphatic rings. The number of hydrogen-bond acceptors (Lipinski definition) is 8. The van der Waals surface area contributed by atoms with E-state index >= 15 is 0 Å². The van der Waals surface area contributed by atoms with Crippen LogP contribution >= 0.6 is 0 Å². The molecule has 7 aromatic carbocycles. The Labute approximate surface area is 332 Å². The predicted octanol–water partition coefficient (Wildman–Crippen LogP) is 13.3. The van der Waals surface area contributed by atoms with Crippen LogP contribution in [0.2, 0.25) is 0 Å². The van der Waals surface area contributed by atoms with Crippen molar-refractivity contribution in [3.8, 4) is 22.9 Å². The van der Waals surface area contributed by atoms with E-state index in [9.17, 15) is 0 Å². The smallest absolute Gasteiger partial charge is 0.227 e. The van der Waals surface area contributed by atoms with E-state index in [4.69, 9.17) is 28.8 Å². The lowest BCUT2D eigenvalue weighted by atomic mass is 10.00. The minimum absolute atomic E-state index is 0.592. The van der Waals surface area contributed by atoms with E-state index in [1.54, 1.807) is 0 Å². The molecule has 0 amide bonds. The van der Waals surface area contributed by atoms with Gasteiger partial charge in [-0.25, -0.2) is 19.9 Å². The lowest BCUT2D eigenvalue weighted by Gasteiger charge is -2.25. The van der Waals surface area contributed by atoms with Crippen molar-refractivity contribution in [3.63, 3.8) is 0 Å². The highest BCUT2D eigenvalue weighted by Gasteiger charge is 2.20. The van der Waals surface area contributed by atoms with E-state index in [1.165, 1.54) is 0 Å². The van der Waals surface area contributed by atoms with Gasteiger partial charge in [0.25, 0.3) is 0 Å². The molecule has 0 spiro atoms. The van der Waals surface area contributed by atoms with Crippen LogP contribution in [0.15, 0.2) is 203 Å². The van der Waals surface area contributed by atoms with Crippen LogP contribution in [0.4, 0.5) is 34.4 Å². The highest BCUT2D eigenvalue weighted by atomic mass is 16.4. The Morgan fingerprint density at radius 3 is 1.21 bits per heavy atom. The first kappa shape index (κ1) is 33.3. The number of rotatable bonds is 8. The summed E-state index contributed by atoms with van der Waals surface area (Å²) < 4.78 is 12.6. The maximum atomic E-state index is 6.28. The maximum absolute atomic E-state index is 6.28. The molecule has 0 aliphatic carbocycles. The summed E-state index contributed by atoms with van der Waals surface area (Å²) in [4.78, 5) is 23.3. The lowest BCUT2D eigenvalue weighted by molar-refractivity contribution is 0.619. The van der Waals surface area contributed by atoms with E-state index in [0.29, 0.717) is 22.9 Å². The summed E-state index contributed by atoms with van der Waals surface area (Å²) >= 11 is 0. The Kier molecular flexibility index (Phi) is 7.96. The molecule has 0 N–H and O–H groups in total. The molecule has 0 unspecified atom stereocenters. The van der Waals surface area contributed by atoms with Crippen LogP contribution in [0.3, 0.4) is 0 Å². The van der Waals surface area contributed by atoms with Crippen LogP contribution in [0.1, 0.15) is 0 Å². The highest BCUT2D eigenvalue weighted by Crippen LogP contribution is 2.41. The molecule has 0 saturated heterocycles. The summed E-state index contributed by atoms with van der Waals surface area (Å²) in [6, 6.07) is 61.5. The zero-order valence-electron chi connectivity index (χ0n) is 31.0. The Morgan fingerprint density at radius 2 is 0.776 bits per heavy atom. The predicted molar refractivity (Wildman–Crippen MR) is 232 cm³/mol. The van der Waals surface area contributed by atoms with Gasteiger partial charge in [0.2, 0.25) is 11.8 Å². The average Bonchev–Trinajstić information content (AvgIpc) is 3.92. The van der Waals surface area contributed by atoms with Crippen LogP contribution in [0.25, 0.3) is 66.7 Å². The second-order valence-corrected chi connectivity index (χ2v) is 14.0. The van der Waals surface area contributed by atoms with Crippen molar-refractivity contribution in [2.75, 3.05) is 9.80 Å². The van der Waals surface area contributed by atoms with Crippen LogP contribution < -0.4 is 9.80 Å². The summed E-state index contributed by atoms with van der Waals surface area (Å²) in [6.07, 6.45) is 3.63. The molecule has 8 nitrogen and oxygen atoms in total. The summed E-state index contributed by atoms with van der Waals surface area (Å²) in [7, 11) is 0. The number of pyridine rings is 2. The number of oxazole rings is 2. The molecule has 0 bridgehead atoms. The fourth-order valence-electron chi connectivity index (χ4n) is 7.64. The Hall–Kier alpha value is -8.10. The lowest BCUT2D eigenvalue weighted by Crippen LogP contribution is -2.11. The van der Waals surface area contributed by atoms with E-state index in [2.05, 4.69) is 70.5 Å². The molecule has 0 radical (unpaired) electrons. The first-order valence-electron chi connectivity index (χ1n) is 19.0. The van der Waals surface area contributed by atoms with Gasteiger partial charge in [-0.2, -0.15) is 0 Å². The zero-order chi connectivity index (χ0) is 38.4. The number of nitrogens with zero attached hydrogens (tertiary/aromatic N) is 6. The summed E-state index contributed by atoms with van der Waals surface area (Å²) in [5.74, 6) is 2.77. The van der Waals surface area contributed by atoms with E-state index < -0.39 is 0 Å². The molecular weight excluding hydrogens is 717 g/mol. The van der Waals surface area contributed by atoms with Crippen molar-refractivity contribution < 1.29 is 8.83 Å². The minimum Gasteiger partial charge on any atom is -0.436 e. The molecule has 11 rings (SSSR count). The van der Waals surface area contributed by atoms with Gasteiger partial charge in [0.05, 0.1) is 11.4 Å². The van der Waals surface area contributed by atoms with Crippen molar-refractivity contribution in [2.24, 2.45) is 0 Å². The Balaban J connectivity index is 0.976. The number of aromatic nitrogens is 4. The standard InChI is InChI=1S/C50H32N6O2/c1-3-11-33(12-4-1)49-53-43-25-21-39(31-45(43)57-49)55(47-15-7-9-27-51-47)37-19-23-41-35(29-37)17-18-36-30-38(20-24-42(36)41)56(48-16-8-10-28-52-48)40-22-26-44-46(32-40)58-50(54-44)34-13-5-2-6-14-34/h1-32H. The average molecular weight is 749 g/mol. The van der Waals surface area contributed by atoms with Gasteiger partial charge in [0.1, 0.15) is 22.7 Å². The van der Waals surface area contributed by atoms with Gasteiger partial charge in [-0.1, -0.05) is 72.8 Å². The largest absolute Gasteiger partial charge is 0.436 e. The van der Waals surface area contributed by atoms with E-state index in [0.717, 1.165) is 78.1 Å². The minimum atomic E-state index is 0.592. The number of hydrogen-bond donors (Lipinski definition) is 0. The molecule has 0 fully saturated rings. The van der Waals surface area contributed by atoms with E-state index in [1.807, 2.05) is 134 Å². The Morgan fingerprint density at radius 1 is 0.362 bits per heavy atom. The van der Waals surface area contributed by atoms with Crippen molar-refractivity contribution >= 4 is 78.1 Å². The van der Waals surface area contributed by atoms with Crippen LogP contribution in [0.5, 0.6) is 0 Å². The number of fused-ring (bicyclic) bond motifs is 5. The summed E-state index contributed by atoms with van der Waals surface area (Å²) in [5.41, 5.74) is 8.66. The van der Waals surface area contributed by atoms with Gasteiger partial charge in [-0.3, -0.25) is 9.80 Å². The fourth-order valence-corrected chi connectivity index (χ4v) is 7.64. The molecule has 58 heavy (non-hydrogen) atoms. The second kappa shape index (κ2) is 13.9. The van der Waals surface area contributed by atoms with Crippen molar-refractivity contribution in [1.82, 2.24) is 19.9 Å². The second-order valence-electron chi connectivity index (χ2n) is 14.0. The molecule has 4 aromatic heterocycles. The first-order chi connectivity index (χ1) is 28.7. The fraction of sp³-hybridized carbons (Fsp3) is 0. The van der Waals surface area contributed by atoms with Gasteiger partial charge in [0, 0.05) is 47.0 Å². The third kappa shape index (κ3) is 5.97. The highest BCUT2D eigenvalue weighted by molar-refractivity contribution is 6.09. The third-order valence-electron chi connectivity index (χ3n) is 10.4. The molecule has 8 heteroatoms.